The second-order valence-electron chi connectivity index (χ2n) is 3.64. The van der Waals surface area contributed by atoms with E-state index >= 15 is 0 Å². The summed E-state index contributed by atoms with van der Waals surface area (Å²) in [6, 6.07) is 2.20. The first kappa shape index (κ1) is 12.2. The molecule has 2 aromatic rings. The van der Waals surface area contributed by atoms with Crippen LogP contribution in [0.15, 0.2) is 29.1 Å². The van der Waals surface area contributed by atoms with E-state index in [1.54, 1.807) is 6.07 Å². The third-order valence-electron chi connectivity index (χ3n) is 2.25. The first-order valence-corrected chi connectivity index (χ1v) is 5.03. The van der Waals surface area contributed by atoms with Gasteiger partial charge in [-0.05, 0) is 0 Å². The van der Waals surface area contributed by atoms with E-state index in [2.05, 4.69) is 14.7 Å². The first-order valence-electron chi connectivity index (χ1n) is 5.03. The van der Waals surface area contributed by atoms with Gasteiger partial charge >= 0.3 is 0 Å². The summed E-state index contributed by atoms with van der Waals surface area (Å²) in [5.41, 5.74) is 0.0933. The molecule has 0 aliphatic heterocycles. The summed E-state index contributed by atoms with van der Waals surface area (Å²) in [4.78, 5) is 16.5. The van der Waals surface area contributed by atoms with Crippen LogP contribution in [0.25, 0.3) is 0 Å². The van der Waals surface area contributed by atoms with Crippen molar-refractivity contribution < 1.29 is 18.1 Å². The number of nitrogens with zero attached hydrogens (tertiary/aromatic N) is 3. The van der Waals surface area contributed by atoms with Crippen LogP contribution in [-0.4, -0.2) is 28.0 Å². The summed E-state index contributed by atoms with van der Waals surface area (Å²) in [6.45, 7) is 0.147. The molecule has 0 saturated carbocycles. The predicted octanol–water partition coefficient (Wildman–Crippen LogP) is 1.62. The standard InChI is InChI=1S/C11H9F2N3O2/c1-16(6-8-2-3-18-15-8)11(17)10-9(13)4-7(12)5-14-10/h2-5H,6H2,1H3. The molecule has 0 atom stereocenters. The van der Waals surface area contributed by atoms with Crippen molar-refractivity contribution in [2.45, 2.75) is 6.54 Å². The van der Waals surface area contributed by atoms with Gasteiger partial charge in [0.25, 0.3) is 5.91 Å². The molecule has 2 rings (SSSR count). The van der Waals surface area contributed by atoms with E-state index in [1.807, 2.05) is 0 Å². The zero-order valence-corrected chi connectivity index (χ0v) is 9.43. The number of carbonyl (C=O) groups excluding carboxylic acids is 1. The number of pyridine rings is 1. The molecule has 2 heterocycles. The summed E-state index contributed by atoms with van der Waals surface area (Å²) in [5, 5.41) is 3.63. The zero-order chi connectivity index (χ0) is 13.1. The normalized spacial score (nSPS) is 10.4. The van der Waals surface area contributed by atoms with Crippen molar-refractivity contribution in [1.82, 2.24) is 15.0 Å². The Kier molecular flexibility index (Phi) is 3.31. The molecule has 5 nitrogen and oxygen atoms in total. The Morgan fingerprint density at radius 2 is 2.28 bits per heavy atom. The minimum absolute atomic E-state index is 0.147. The maximum absolute atomic E-state index is 13.4. The van der Waals surface area contributed by atoms with Crippen molar-refractivity contribution in [2.75, 3.05) is 7.05 Å². The van der Waals surface area contributed by atoms with Crippen molar-refractivity contribution in [3.05, 3.63) is 47.6 Å². The topological polar surface area (TPSA) is 59.2 Å². The van der Waals surface area contributed by atoms with Crippen molar-refractivity contribution >= 4 is 5.91 Å². The van der Waals surface area contributed by atoms with Crippen molar-refractivity contribution in [3.8, 4) is 0 Å². The lowest BCUT2D eigenvalue weighted by atomic mass is 10.3. The van der Waals surface area contributed by atoms with Crippen LogP contribution in [0.1, 0.15) is 16.2 Å². The van der Waals surface area contributed by atoms with Gasteiger partial charge in [0.15, 0.2) is 11.5 Å². The molecule has 0 radical (unpaired) electrons. The Balaban J connectivity index is 2.15. The molecule has 0 saturated heterocycles. The molecule has 2 aromatic heterocycles. The molecule has 0 N–H and O–H groups in total. The largest absolute Gasteiger partial charge is 0.364 e. The SMILES string of the molecule is CN(Cc1ccon1)C(=O)c1ncc(F)cc1F. The smallest absolute Gasteiger partial charge is 0.275 e. The van der Waals surface area contributed by atoms with Gasteiger partial charge in [-0.25, -0.2) is 13.8 Å². The van der Waals surface area contributed by atoms with Gasteiger partial charge in [0, 0.05) is 19.2 Å². The van der Waals surface area contributed by atoms with Gasteiger partial charge in [0.1, 0.15) is 17.8 Å². The Hall–Kier alpha value is -2.31. The predicted molar refractivity (Wildman–Crippen MR) is 56.5 cm³/mol. The fraction of sp³-hybridized carbons (Fsp3) is 0.182. The fourth-order valence-corrected chi connectivity index (χ4v) is 1.39. The first-order chi connectivity index (χ1) is 8.58. The molecule has 1 amide bonds. The second kappa shape index (κ2) is 4.91. The molecular formula is C11H9F2N3O2. The summed E-state index contributed by atoms with van der Waals surface area (Å²) >= 11 is 0. The van der Waals surface area contributed by atoms with Gasteiger partial charge in [-0.1, -0.05) is 5.16 Å². The van der Waals surface area contributed by atoms with Gasteiger partial charge in [0.2, 0.25) is 0 Å². The third kappa shape index (κ3) is 2.50. The van der Waals surface area contributed by atoms with Crippen molar-refractivity contribution in [3.63, 3.8) is 0 Å². The average Bonchev–Trinajstić information content (AvgIpc) is 2.81. The van der Waals surface area contributed by atoms with Crippen LogP contribution >= 0.6 is 0 Å². The molecular weight excluding hydrogens is 244 g/mol. The fourth-order valence-electron chi connectivity index (χ4n) is 1.39. The quantitative estimate of drug-likeness (QED) is 0.834. The maximum atomic E-state index is 13.4. The highest BCUT2D eigenvalue weighted by Gasteiger charge is 2.19. The molecule has 0 spiro atoms. The summed E-state index contributed by atoms with van der Waals surface area (Å²) in [5.74, 6) is -2.48. The van der Waals surface area contributed by atoms with Gasteiger partial charge < -0.3 is 9.42 Å². The van der Waals surface area contributed by atoms with Crippen LogP contribution in [0.4, 0.5) is 8.78 Å². The van der Waals surface area contributed by atoms with Gasteiger partial charge in [0.05, 0.1) is 12.7 Å². The van der Waals surface area contributed by atoms with E-state index < -0.39 is 23.2 Å². The van der Waals surface area contributed by atoms with E-state index in [9.17, 15) is 13.6 Å². The lowest BCUT2D eigenvalue weighted by molar-refractivity contribution is 0.0771. The maximum Gasteiger partial charge on any atom is 0.275 e. The Morgan fingerprint density at radius 3 is 2.89 bits per heavy atom. The van der Waals surface area contributed by atoms with E-state index in [0.717, 1.165) is 6.20 Å². The van der Waals surface area contributed by atoms with Crippen LogP contribution in [0, 0.1) is 11.6 Å². The lowest BCUT2D eigenvalue weighted by Gasteiger charge is -2.15. The molecule has 0 fully saturated rings. The third-order valence-corrected chi connectivity index (χ3v) is 2.25. The molecule has 0 aliphatic rings. The van der Waals surface area contributed by atoms with Crippen molar-refractivity contribution in [2.24, 2.45) is 0 Å². The minimum Gasteiger partial charge on any atom is -0.364 e. The van der Waals surface area contributed by atoms with Crippen molar-refractivity contribution in [1.29, 1.82) is 0 Å². The van der Waals surface area contributed by atoms with Gasteiger partial charge in [-0.2, -0.15) is 0 Å². The van der Waals surface area contributed by atoms with E-state index in [-0.39, 0.29) is 6.54 Å². The molecule has 18 heavy (non-hydrogen) atoms. The number of rotatable bonds is 3. The van der Waals surface area contributed by atoms with E-state index in [0.29, 0.717) is 11.8 Å². The highest BCUT2D eigenvalue weighted by atomic mass is 19.1. The molecule has 7 heteroatoms. The van der Waals surface area contributed by atoms with E-state index in [1.165, 1.54) is 18.2 Å². The number of carbonyl (C=O) groups is 1. The minimum atomic E-state index is -0.994. The molecule has 0 unspecified atom stereocenters. The summed E-state index contributed by atoms with van der Waals surface area (Å²) in [6.07, 6.45) is 2.16. The van der Waals surface area contributed by atoms with Gasteiger partial charge in [-0.3, -0.25) is 4.79 Å². The van der Waals surface area contributed by atoms with Crippen LogP contribution in [-0.2, 0) is 6.54 Å². The molecule has 94 valence electrons. The highest BCUT2D eigenvalue weighted by Crippen LogP contribution is 2.10. The Morgan fingerprint density at radius 1 is 1.50 bits per heavy atom. The number of halogens is 2. The number of aromatic nitrogens is 2. The van der Waals surface area contributed by atoms with Crippen LogP contribution in [0.3, 0.4) is 0 Å². The second-order valence-corrected chi connectivity index (χ2v) is 3.64. The summed E-state index contributed by atoms with van der Waals surface area (Å²) < 4.78 is 30.6. The molecule has 0 aliphatic carbocycles. The van der Waals surface area contributed by atoms with Gasteiger partial charge in [-0.15, -0.1) is 0 Å². The zero-order valence-electron chi connectivity index (χ0n) is 9.43. The number of hydrogen-bond donors (Lipinski definition) is 0. The van der Waals surface area contributed by atoms with Crippen LogP contribution in [0.5, 0.6) is 0 Å². The number of hydrogen-bond acceptors (Lipinski definition) is 4. The number of amides is 1. The molecule has 0 aromatic carbocycles. The molecule has 0 bridgehead atoms. The summed E-state index contributed by atoms with van der Waals surface area (Å²) in [7, 11) is 1.46. The Labute approximate surface area is 101 Å². The van der Waals surface area contributed by atoms with Crippen LogP contribution < -0.4 is 0 Å². The Bertz CT molecular complexity index is 557. The lowest BCUT2D eigenvalue weighted by Crippen LogP contribution is -2.28. The van der Waals surface area contributed by atoms with Crippen LogP contribution in [0.2, 0.25) is 0 Å². The average molecular weight is 253 g/mol. The highest BCUT2D eigenvalue weighted by molar-refractivity contribution is 5.92. The van der Waals surface area contributed by atoms with E-state index in [4.69, 9.17) is 0 Å². The monoisotopic (exact) mass is 253 g/mol.